The predicted octanol–water partition coefficient (Wildman–Crippen LogP) is 5.31. The maximum Gasteiger partial charge on any atom is 0.305 e. The minimum Gasteiger partial charge on any atom is -0.463 e. The average Bonchev–Trinajstić information content (AvgIpc) is 2.64. The quantitative estimate of drug-likeness (QED) is 0.195. The number of hydrogen-bond acceptors (Lipinski definition) is 4. The van der Waals surface area contributed by atoms with Crippen molar-refractivity contribution in [2.75, 3.05) is 6.61 Å². The second-order valence-electron chi connectivity index (χ2n) is 7.26. The van der Waals surface area contributed by atoms with Gasteiger partial charge in [0.15, 0.2) is 0 Å². The molecule has 0 radical (unpaired) electrons. The van der Waals surface area contributed by atoms with Crippen molar-refractivity contribution in [1.82, 2.24) is 0 Å². The van der Waals surface area contributed by atoms with E-state index in [0.29, 0.717) is 12.8 Å². The minimum absolute atomic E-state index is 0.120. The van der Waals surface area contributed by atoms with Gasteiger partial charge in [0.05, 0.1) is 12.2 Å². The Morgan fingerprint density at radius 3 is 2.31 bits per heavy atom. The molecule has 0 aliphatic heterocycles. The monoisotopic (exact) mass is 370 g/mol. The van der Waals surface area contributed by atoms with Crippen LogP contribution in [0.3, 0.4) is 0 Å². The minimum atomic E-state index is -0.533. The number of carbonyl (C=O) groups is 1. The molecule has 4 heteroatoms. The van der Waals surface area contributed by atoms with E-state index in [1.807, 2.05) is 6.92 Å². The van der Waals surface area contributed by atoms with Gasteiger partial charge in [0, 0.05) is 6.42 Å². The molecule has 2 unspecified atom stereocenters. The van der Waals surface area contributed by atoms with Crippen LogP contribution >= 0.6 is 0 Å². The van der Waals surface area contributed by atoms with Crippen LogP contribution in [0.25, 0.3) is 0 Å². The second-order valence-corrected chi connectivity index (χ2v) is 7.26. The highest BCUT2D eigenvalue weighted by Crippen LogP contribution is 2.10. The van der Waals surface area contributed by atoms with E-state index in [0.717, 1.165) is 51.4 Å². The molecule has 0 aliphatic rings. The molecular weight excluding hydrogens is 328 g/mol. The molecule has 4 nitrogen and oxygen atoms in total. The summed E-state index contributed by atoms with van der Waals surface area (Å²) in [6.07, 6.45) is 17.7. The van der Waals surface area contributed by atoms with Crippen molar-refractivity contribution >= 4 is 5.97 Å². The summed E-state index contributed by atoms with van der Waals surface area (Å²) in [6.45, 7) is 4.19. The standard InChI is InChI=1S/C22H42O4/c1-3-5-6-13-16-21(24)17-14-11-9-7-8-10-12-15-18-22(25)26-19-20(23)4-2/h11,14,20-21,23-24H,3-10,12-13,15-19H2,1-2H3/b14-11+. The van der Waals surface area contributed by atoms with E-state index in [1.165, 1.54) is 25.7 Å². The fourth-order valence-corrected chi connectivity index (χ4v) is 2.74. The zero-order valence-electron chi connectivity index (χ0n) is 17.1. The molecule has 154 valence electrons. The van der Waals surface area contributed by atoms with E-state index < -0.39 is 6.10 Å². The van der Waals surface area contributed by atoms with Crippen LogP contribution in [-0.4, -0.2) is 35.0 Å². The van der Waals surface area contributed by atoms with E-state index in [-0.39, 0.29) is 18.7 Å². The first-order valence-electron chi connectivity index (χ1n) is 10.8. The van der Waals surface area contributed by atoms with E-state index >= 15 is 0 Å². The lowest BCUT2D eigenvalue weighted by molar-refractivity contribution is -0.146. The number of aliphatic hydroxyl groups is 2. The molecule has 0 aliphatic carbocycles. The highest BCUT2D eigenvalue weighted by Gasteiger charge is 2.06. The molecule has 0 saturated heterocycles. The third kappa shape index (κ3) is 17.9. The van der Waals surface area contributed by atoms with Gasteiger partial charge in [0.25, 0.3) is 0 Å². The van der Waals surface area contributed by atoms with Gasteiger partial charge in [-0.05, 0) is 38.5 Å². The zero-order valence-corrected chi connectivity index (χ0v) is 17.1. The van der Waals surface area contributed by atoms with Crippen molar-refractivity contribution in [2.45, 2.75) is 116 Å². The first kappa shape index (κ1) is 25.1. The van der Waals surface area contributed by atoms with Gasteiger partial charge in [0.1, 0.15) is 6.61 Å². The highest BCUT2D eigenvalue weighted by molar-refractivity contribution is 5.69. The van der Waals surface area contributed by atoms with Crippen LogP contribution in [0.4, 0.5) is 0 Å². The molecule has 0 aromatic rings. The molecule has 0 aromatic heterocycles. The highest BCUT2D eigenvalue weighted by atomic mass is 16.5. The largest absolute Gasteiger partial charge is 0.463 e. The van der Waals surface area contributed by atoms with E-state index in [9.17, 15) is 15.0 Å². The van der Waals surface area contributed by atoms with Crippen molar-refractivity contribution < 1.29 is 19.7 Å². The number of ether oxygens (including phenoxy) is 1. The summed E-state index contributed by atoms with van der Waals surface area (Å²) in [4.78, 5) is 11.5. The molecule has 0 spiro atoms. The maximum atomic E-state index is 11.5. The Morgan fingerprint density at radius 2 is 1.58 bits per heavy atom. The summed E-state index contributed by atoms with van der Waals surface area (Å²) in [6, 6.07) is 0. The second kappa shape index (κ2) is 18.9. The Morgan fingerprint density at radius 1 is 0.885 bits per heavy atom. The summed E-state index contributed by atoms with van der Waals surface area (Å²) in [5, 5.41) is 19.2. The number of hydrogen-bond donors (Lipinski definition) is 2. The lowest BCUT2D eigenvalue weighted by Gasteiger charge is -2.08. The Labute approximate surface area is 161 Å². The molecule has 2 N–H and O–H groups in total. The smallest absolute Gasteiger partial charge is 0.305 e. The molecule has 26 heavy (non-hydrogen) atoms. The van der Waals surface area contributed by atoms with Gasteiger partial charge in [-0.15, -0.1) is 0 Å². The van der Waals surface area contributed by atoms with Crippen LogP contribution in [0.5, 0.6) is 0 Å². The first-order valence-corrected chi connectivity index (χ1v) is 10.8. The van der Waals surface area contributed by atoms with E-state index in [4.69, 9.17) is 4.74 Å². The van der Waals surface area contributed by atoms with Crippen LogP contribution in [0.2, 0.25) is 0 Å². The van der Waals surface area contributed by atoms with Crippen molar-refractivity contribution in [1.29, 1.82) is 0 Å². The van der Waals surface area contributed by atoms with Crippen molar-refractivity contribution in [3.8, 4) is 0 Å². The van der Waals surface area contributed by atoms with Crippen LogP contribution in [0.1, 0.15) is 104 Å². The molecular formula is C22H42O4. The van der Waals surface area contributed by atoms with Crippen LogP contribution in [-0.2, 0) is 9.53 Å². The van der Waals surface area contributed by atoms with Gasteiger partial charge < -0.3 is 14.9 Å². The van der Waals surface area contributed by atoms with Gasteiger partial charge in [-0.1, -0.05) is 70.9 Å². The average molecular weight is 371 g/mol. The molecule has 0 heterocycles. The Kier molecular flexibility index (Phi) is 18.3. The van der Waals surface area contributed by atoms with Gasteiger partial charge in [-0.2, -0.15) is 0 Å². The van der Waals surface area contributed by atoms with Crippen molar-refractivity contribution in [2.24, 2.45) is 0 Å². The molecule has 0 saturated carbocycles. The molecule has 0 rings (SSSR count). The number of aliphatic hydroxyl groups excluding tert-OH is 2. The van der Waals surface area contributed by atoms with Crippen LogP contribution < -0.4 is 0 Å². The number of carbonyl (C=O) groups excluding carboxylic acids is 1. The Bertz CT molecular complexity index is 341. The third-order valence-corrected chi connectivity index (χ3v) is 4.63. The van der Waals surface area contributed by atoms with Crippen molar-refractivity contribution in [3.63, 3.8) is 0 Å². The van der Waals surface area contributed by atoms with Gasteiger partial charge in [0.2, 0.25) is 0 Å². The van der Waals surface area contributed by atoms with E-state index in [2.05, 4.69) is 19.1 Å². The summed E-state index contributed by atoms with van der Waals surface area (Å²) in [7, 11) is 0. The van der Waals surface area contributed by atoms with Gasteiger partial charge >= 0.3 is 5.97 Å². The van der Waals surface area contributed by atoms with Gasteiger partial charge in [-0.25, -0.2) is 0 Å². The fourth-order valence-electron chi connectivity index (χ4n) is 2.74. The molecule has 0 fully saturated rings. The van der Waals surface area contributed by atoms with Crippen LogP contribution in [0, 0.1) is 0 Å². The number of allylic oxidation sites excluding steroid dienone is 1. The van der Waals surface area contributed by atoms with Crippen LogP contribution in [0.15, 0.2) is 12.2 Å². The Balaban J connectivity index is 3.36. The molecule has 0 amide bonds. The number of unbranched alkanes of at least 4 members (excludes halogenated alkanes) is 8. The first-order chi connectivity index (χ1) is 12.6. The number of rotatable bonds is 18. The number of esters is 1. The molecule has 2 atom stereocenters. The molecule has 0 aromatic carbocycles. The molecule has 0 bridgehead atoms. The Hall–Kier alpha value is -0.870. The maximum absolute atomic E-state index is 11.5. The lowest BCUT2D eigenvalue weighted by Crippen LogP contribution is -2.17. The summed E-state index contributed by atoms with van der Waals surface area (Å²) >= 11 is 0. The SMILES string of the molecule is CCCCCCC(O)C/C=C/CCCCCCCC(=O)OCC(O)CC. The summed E-state index contributed by atoms with van der Waals surface area (Å²) < 4.78 is 5.00. The zero-order chi connectivity index (χ0) is 19.5. The van der Waals surface area contributed by atoms with E-state index in [1.54, 1.807) is 0 Å². The third-order valence-electron chi connectivity index (χ3n) is 4.63. The fraction of sp³-hybridized carbons (Fsp3) is 0.864. The lowest BCUT2D eigenvalue weighted by atomic mass is 10.1. The van der Waals surface area contributed by atoms with Crippen molar-refractivity contribution in [3.05, 3.63) is 12.2 Å². The van der Waals surface area contributed by atoms with Gasteiger partial charge in [-0.3, -0.25) is 4.79 Å². The summed E-state index contributed by atoms with van der Waals surface area (Å²) in [5.41, 5.74) is 0. The summed E-state index contributed by atoms with van der Waals surface area (Å²) in [5.74, 6) is -0.200. The normalized spacial score (nSPS) is 13.8. The predicted molar refractivity (Wildman–Crippen MR) is 108 cm³/mol. The topological polar surface area (TPSA) is 66.8 Å².